The molecule has 0 fully saturated rings. The van der Waals surface area contributed by atoms with Gasteiger partial charge in [-0.25, -0.2) is 8.78 Å². The van der Waals surface area contributed by atoms with E-state index in [-0.39, 0.29) is 36.4 Å². The second kappa shape index (κ2) is 11.6. The maximum absolute atomic E-state index is 14.1. The van der Waals surface area contributed by atoms with Crippen LogP contribution in [-0.2, 0) is 17.8 Å². The van der Waals surface area contributed by atoms with Crippen LogP contribution in [0.5, 0.6) is 5.88 Å². The predicted octanol–water partition coefficient (Wildman–Crippen LogP) is 6.11. The van der Waals surface area contributed by atoms with Gasteiger partial charge in [0.1, 0.15) is 24.1 Å². The third kappa shape index (κ3) is 5.97. The molecule has 38 heavy (non-hydrogen) atoms. The topological polar surface area (TPSA) is 77.2 Å². The average molecular weight is 520 g/mol. The zero-order chi connectivity index (χ0) is 27.4. The molecule has 4 aromatic rings. The standard InChI is InChI=1S/C30H31F2N3O3/c1-5-27(22-13-23(31)15-24(32)14-22)35-28(17-38-18(2)3)34-29(36)26(30(35)37)12-20-6-8-21(9-7-20)25-10-11-33-16-19(25)4/h6-11,13-16,18,27,36H,5,12,17H2,1-4H3/t27-/m0/s1. The third-order valence-electron chi connectivity index (χ3n) is 6.44. The molecule has 1 N–H and O–H groups in total. The van der Waals surface area contributed by atoms with E-state index in [4.69, 9.17) is 4.74 Å². The molecule has 0 aliphatic rings. The molecular weight excluding hydrogens is 488 g/mol. The van der Waals surface area contributed by atoms with Crippen LogP contribution in [0.25, 0.3) is 11.1 Å². The molecule has 198 valence electrons. The Hall–Kier alpha value is -3.91. The number of aryl methyl sites for hydroxylation is 1. The number of nitrogens with zero attached hydrogens (tertiary/aromatic N) is 3. The lowest BCUT2D eigenvalue weighted by Gasteiger charge is -2.24. The molecule has 6 nitrogen and oxygen atoms in total. The minimum atomic E-state index is -0.733. The number of hydrogen-bond acceptors (Lipinski definition) is 5. The molecular formula is C30H31F2N3O3. The molecule has 0 amide bonds. The number of aromatic nitrogens is 3. The van der Waals surface area contributed by atoms with Crippen molar-refractivity contribution in [1.29, 1.82) is 0 Å². The van der Waals surface area contributed by atoms with E-state index in [2.05, 4.69) is 9.97 Å². The Bertz CT molecular complexity index is 1460. The lowest BCUT2D eigenvalue weighted by molar-refractivity contribution is 0.0575. The SMILES string of the molecule is CC[C@@H](c1cc(F)cc(F)c1)n1c(COC(C)C)nc(O)c(Cc2ccc(-c3ccncc3C)cc2)c1=O. The highest BCUT2D eigenvalue weighted by molar-refractivity contribution is 5.66. The summed E-state index contributed by atoms with van der Waals surface area (Å²) in [5, 5.41) is 10.8. The van der Waals surface area contributed by atoms with Gasteiger partial charge in [-0.1, -0.05) is 31.2 Å². The first-order chi connectivity index (χ1) is 18.2. The van der Waals surface area contributed by atoms with E-state index in [1.807, 2.05) is 58.0 Å². The number of ether oxygens (including phenoxy) is 1. The van der Waals surface area contributed by atoms with Gasteiger partial charge in [0.2, 0.25) is 5.88 Å². The number of pyridine rings is 1. The molecule has 0 radical (unpaired) electrons. The molecule has 4 rings (SSSR count). The summed E-state index contributed by atoms with van der Waals surface area (Å²) in [6.07, 6.45) is 3.88. The van der Waals surface area contributed by atoms with Crippen LogP contribution in [0.4, 0.5) is 8.78 Å². The number of halogens is 2. The highest BCUT2D eigenvalue weighted by atomic mass is 19.1. The molecule has 2 aromatic carbocycles. The van der Waals surface area contributed by atoms with Gasteiger partial charge in [-0.3, -0.25) is 14.3 Å². The molecule has 2 aromatic heterocycles. The van der Waals surface area contributed by atoms with E-state index in [9.17, 15) is 18.7 Å². The van der Waals surface area contributed by atoms with Crippen molar-refractivity contribution >= 4 is 0 Å². The Kier molecular flexibility index (Phi) is 8.32. The van der Waals surface area contributed by atoms with Gasteiger partial charge >= 0.3 is 0 Å². The molecule has 0 aliphatic heterocycles. The fourth-order valence-corrected chi connectivity index (χ4v) is 4.56. The number of rotatable bonds is 9. The average Bonchev–Trinajstić information content (AvgIpc) is 2.87. The van der Waals surface area contributed by atoms with Crippen LogP contribution in [0.2, 0.25) is 0 Å². The zero-order valence-electron chi connectivity index (χ0n) is 21.9. The number of aromatic hydroxyl groups is 1. The van der Waals surface area contributed by atoms with Crippen molar-refractivity contribution in [1.82, 2.24) is 14.5 Å². The molecule has 0 unspecified atom stereocenters. The fourth-order valence-electron chi connectivity index (χ4n) is 4.56. The molecule has 1 atom stereocenters. The van der Waals surface area contributed by atoms with Gasteiger partial charge in [0.15, 0.2) is 0 Å². The van der Waals surface area contributed by atoms with E-state index in [0.29, 0.717) is 12.0 Å². The Balaban J connectivity index is 1.77. The zero-order valence-corrected chi connectivity index (χ0v) is 21.9. The van der Waals surface area contributed by atoms with Gasteiger partial charge < -0.3 is 9.84 Å². The normalized spacial score (nSPS) is 12.2. The van der Waals surface area contributed by atoms with Gasteiger partial charge in [-0.15, -0.1) is 0 Å². The monoisotopic (exact) mass is 519 g/mol. The van der Waals surface area contributed by atoms with Crippen molar-refractivity contribution in [2.45, 2.75) is 59.3 Å². The summed E-state index contributed by atoms with van der Waals surface area (Å²) in [6.45, 7) is 7.44. The maximum Gasteiger partial charge on any atom is 0.261 e. The first kappa shape index (κ1) is 27.1. The smallest absolute Gasteiger partial charge is 0.261 e. The van der Waals surface area contributed by atoms with Crippen molar-refractivity contribution in [2.75, 3.05) is 0 Å². The van der Waals surface area contributed by atoms with E-state index >= 15 is 0 Å². The second-order valence-electron chi connectivity index (χ2n) is 9.56. The van der Waals surface area contributed by atoms with E-state index < -0.39 is 23.2 Å². The van der Waals surface area contributed by atoms with Crippen LogP contribution >= 0.6 is 0 Å². The summed E-state index contributed by atoms with van der Waals surface area (Å²) in [7, 11) is 0. The van der Waals surface area contributed by atoms with Gasteiger partial charge in [-0.05, 0) is 73.2 Å². The summed E-state index contributed by atoms with van der Waals surface area (Å²) < 4.78 is 35.3. The van der Waals surface area contributed by atoms with Crippen molar-refractivity contribution in [3.05, 3.63) is 111 Å². The van der Waals surface area contributed by atoms with Gasteiger partial charge in [0.05, 0.1) is 17.7 Å². The third-order valence-corrected chi connectivity index (χ3v) is 6.44. The van der Waals surface area contributed by atoms with Crippen molar-refractivity contribution in [3.63, 3.8) is 0 Å². The molecule has 0 spiro atoms. The minimum Gasteiger partial charge on any atom is -0.493 e. The van der Waals surface area contributed by atoms with Crippen LogP contribution in [0.1, 0.15) is 61.3 Å². The van der Waals surface area contributed by atoms with Crippen LogP contribution in [0.3, 0.4) is 0 Å². The molecule has 0 saturated carbocycles. The van der Waals surface area contributed by atoms with Crippen molar-refractivity contribution in [2.24, 2.45) is 0 Å². The second-order valence-corrected chi connectivity index (χ2v) is 9.56. The summed E-state index contributed by atoms with van der Waals surface area (Å²) in [4.78, 5) is 22.3. The fraction of sp³-hybridized carbons (Fsp3) is 0.300. The summed E-state index contributed by atoms with van der Waals surface area (Å²) >= 11 is 0. The van der Waals surface area contributed by atoms with Gasteiger partial charge in [0, 0.05) is 24.9 Å². The Morgan fingerprint density at radius 1 is 1.05 bits per heavy atom. The van der Waals surface area contributed by atoms with Crippen LogP contribution in [0, 0.1) is 18.6 Å². The largest absolute Gasteiger partial charge is 0.493 e. The molecule has 2 heterocycles. The van der Waals surface area contributed by atoms with Crippen molar-refractivity contribution in [3.8, 4) is 17.0 Å². The van der Waals surface area contributed by atoms with Crippen LogP contribution < -0.4 is 5.56 Å². The molecule has 8 heteroatoms. The van der Waals surface area contributed by atoms with Crippen molar-refractivity contribution < 1.29 is 18.6 Å². The Morgan fingerprint density at radius 2 is 1.74 bits per heavy atom. The van der Waals surface area contributed by atoms with Gasteiger partial charge in [0.25, 0.3) is 5.56 Å². The lowest BCUT2D eigenvalue weighted by Crippen LogP contribution is -2.33. The quantitative estimate of drug-likeness (QED) is 0.289. The Labute approximate surface area is 220 Å². The maximum atomic E-state index is 14.1. The van der Waals surface area contributed by atoms with E-state index in [1.165, 1.54) is 16.7 Å². The minimum absolute atomic E-state index is 0.0466. The van der Waals surface area contributed by atoms with E-state index in [0.717, 1.165) is 28.3 Å². The molecule has 0 aliphatic carbocycles. The number of benzene rings is 2. The first-order valence-corrected chi connectivity index (χ1v) is 12.6. The first-order valence-electron chi connectivity index (χ1n) is 12.6. The van der Waals surface area contributed by atoms with Gasteiger partial charge in [-0.2, -0.15) is 4.98 Å². The lowest BCUT2D eigenvalue weighted by atomic mass is 9.99. The highest BCUT2D eigenvalue weighted by Gasteiger charge is 2.24. The van der Waals surface area contributed by atoms with E-state index in [1.54, 1.807) is 12.4 Å². The molecule has 0 saturated heterocycles. The van der Waals surface area contributed by atoms with Crippen LogP contribution in [-0.4, -0.2) is 25.7 Å². The summed E-state index contributed by atoms with van der Waals surface area (Å²) in [5.41, 5.74) is 3.83. The summed E-state index contributed by atoms with van der Waals surface area (Å²) in [5.74, 6) is -1.67. The predicted molar refractivity (Wildman–Crippen MR) is 142 cm³/mol. The Morgan fingerprint density at radius 3 is 2.34 bits per heavy atom. The molecule has 0 bridgehead atoms. The summed E-state index contributed by atoms with van der Waals surface area (Å²) in [6, 6.07) is 12.2. The highest BCUT2D eigenvalue weighted by Crippen LogP contribution is 2.27. The van der Waals surface area contributed by atoms with Crippen LogP contribution in [0.15, 0.2) is 65.7 Å². The number of hydrogen-bond donors (Lipinski definition) is 1.